The molecular weight excluding hydrogens is 767 g/mol. The predicted molar refractivity (Wildman–Crippen MR) is 210 cm³/mol. The van der Waals surface area contributed by atoms with Crippen LogP contribution in [0.2, 0.25) is 0 Å². The van der Waals surface area contributed by atoms with Gasteiger partial charge in [0.2, 0.25) is 0 Å². The summed E-state index contributed by atoms with van der Waals surface area (Å²) in [4.78, 5) is 30.0. The van der Waals surface area contributed by atoms with Crippen molar-refractivity contribution in [3.8, 4) is 10.6 Å². The molecule has 0 saturated heterocycles. The summed E-state index contributed by atoms with van der Waals surface area (Å²) >= 11 is 3.38. The number of aryl methyl sites for hydroxylation is 8. The highest BCUT2D eigenvalue weighted by molar-refractivity contribution is 7.13. The molecule has 0 aromatic carbocycles. The molecular formula is C39H39F4N9O2S2. The molecule has 0 amide bonds. The van der Waals surface area contributed by atoms with Gasteiger partial charge in [-0.05, 0) is 92.4 Å². The van der Waals surface area contributed by atoms with Gasteiger partial charge in [0.25, 0.3) is 0 Å². The third-order valence-corrected chi connectivity index (χ3v) is 10.4. The summed E-state index contributed by atoms with van der Waals surface area (Å²) in [7, 11) is 0. The zero-order valence-corrected chi connectivity index (χ0v) is 32.7. The first kappa shape index (κ1) is 40.1. The molecule has 292 valence electrons. The van der Waals surface area contributed by atoms with Crippen molar-refractivity contribution >= 4 is 51.3 Å². The van der Waals surface area contributed by atoms with Gasteiger partial charge in [-0.25, -0.2) is 33.2 Å². The van der Waals surface area contributed by atoms with Crippen molar-refractivity contribution in [3.05, 3.63) is 116 Å². The Labute approximate surface area is 327 Å². The first-order chi connectivity index (χ1) is 26.8. The second kappa shape index (κ2) is 17.5. The lowest BCUT2D eigenvalue weighted by Crippen LogP contribution is -2.21. The van der Waals surface area contributed by atoms with Crippen molar-refractivity contribution in [2.75, 3.05) is 6.67 Å². The second-order valence-electron chi connectivity index (χ2n) is 13.1. The van der Waals surface area contributed by atoms with Crippen LogP contribution in [0.25, 0.3) is 27.6 Å². The van der Waals surface area contributed by atoms with E-state index in [1.165, 1.54) is 21.7 Å². The molecule has 1 aliphatic heterocycles. The number of carboxylic acids is 1. The number of carbonyl (C=O) groups is 1. The number of aliphatic carboxylic acids is 1. The molecule has 0 fully saturated rings. The van der Waals surface area contributed by atoms with Crippen LogP contribution in [0.5, 0.6) is 0 Å². The maximum absolute atomic E-state index is 12.9. The van der Waals surface area contributed by atoms with Crippen molar-refractivity contribution in [2.45, 2.75) is 72.5 Å². The van der Waals surface area contributed by atoms with Crippen LogP contribution in [0.4, 0.5) is 17.6 Å². The van der Waals surface area contributed by atoms with E-state index >= 15 is 0 Å². The number of carboxylic acid groups (broad SMARTS) is 1. The molecule has 56 heavy (non-hydrogen) atoms. The average Bonchev–Trinajstić information content (AvgIpc) is 3.99. The van der Waals surface area contributed by atoms with E-state index in [9.17, 15) is 17.6 Å². The van der Waals surface area contributed by atoms with Crippen molar-refractivity contribution in [3.63, 3.8) is 0 Å². The van der Waals surface area contributed by atoms with Gasteiger partial charge in [-0.2, -0.15) is 23.4 Å². The molecule has 0 spiro atoms. The van der Waals surface area contributed by atoms with E-state index in [1.807, 2.05) is 50.3 Å². The van der Waals surface area contributed by atoms with Crippen LogP contribution in [0.3, 0.4) is 0 Å². The molecule has 0 bridgehead atoms. The van der Waals surface area contributed by atoms with Crippen molar-refractivity contribution in [2.24, 2.45) is 4.99 Å². The van der Waals surface area contributed by atoms with Gasteiger partial charge in [0, 0.05) is 49.0 Å². The number of alkyl halides is 4. The molecule has 8 rings (SSSR count). The summed E-state index contributed by atoms with van der Waals surface area (Å²) < 4.78 is 50.4. The molecule has 17 heteroatoms. The number of halogens is 4. The highest BCUT2D eigenvalue weighted by atomic mass is 32.1. The fourth-order valence-electron chi connectivity index (χ4n) is 6.10. The molecule has 8 heterocycles. The Bertz CT molecular complexity index is 2500. The standard InChI is InChI=1S/C19H20FN5S.C18H18N4S.C2HF3O2/c1-13-10-14(2)25-19(11-13)22-17(23-25)5-6-18-21-15(12-24(18)8-7-20)16-4-3-9-26-16;1-12-10-13(2)22-18(11-12)20-17(21-22)8-6-14-5-7-15(19-14)16-4-3-9-23-16;3-2(4,5)1(6)7/h3-4,9-12H,5-8H2,1-2H3;3-4,7,9-11H,5-6,8H2,1-2H3;(H,6,7). The monoisotopic (exact) mass is 805 g/mol. The van der Waals surface area contributed by atoms with Crippen LogP contribution in [-0.2, 0) is 30.6 Å². The first-order valence-electron chi connectivity index (χ1n) is 17.7. The van der Waals surface area contributed by atoms with Gasteiger partial charge in [-0.1, -0.05) is 18.2 Å². The SMILES string of the molecule is Cc1cc(C)n2nc(CCC3=NC(c4cccs4)=CC3)nc2c1.Cc1cc(C)n2nc(CCc3nc(-c4cccs4)cn3CCF)nc2c1.O=C(O)C(F)(F)F. The van der Waals surface area contributed by atoms with Crippen molar-refractivity contribution in [1.82, 2.24) is 38.7 Å². The number of allylic oxidation sites excluding steroid dienone is 1. The summed E-state index contributed by atoms with van der Waals surface area (Å²) in [5.41, 5.74) is 9.62. The van der Waals surface area contributed by atoms with Crippen LogP contribution in [0.1, 0.15) is 57.7 Å². The minimum Gasteiger partial charge on any atom is -0.475 e. The zero-order valence-electron chi connectivity index (χ0n) is 31.1. The van der Waals surface area contributed by atoms with Gasteiger partial charge >= 0.3 is 12.1 Å². The van der Waals surface area contributed by atoms with Gasteiger partial charge in [0.1, 0.15) is 12.5 Å². The third-order valence-electron chi connectivity index (χ3n) is 8.60. The smallest absolute Gasteiger partial charge is 0.475 e. The molecule has 0 aliphatic carbocycles. The van der Waals surface area contributed by atoms with Crippen LogP contribution >= 0.6 is 22.7 Å². The number of rotatable bonds is 10. The Hall–Kier alpha value is -5.55. The number of pyridine rings is 2. The maximum Gasteiger partial charge on any atom is 0.490 e. The largest absolute Gasteiger partial charge is 0.490 e. The fourth-order valence-corrected chi connectivity index (χ4v) is 7.49. The number of hydrogen-bond donors (Lipinski definition) is 1. The van der Waals surface area contributed by atoms with Gasteiger partial charge < -0.3 is 9.67 Å². The lowest BCUT2D eigenvalue weighted by Gasteiger charge is -2.03. The molecule has 7 aromatic rings. The van der Waals surface area contributed by atoms with E-state index in [2.05, 4.69) is 82.7 Å². The summed E-state index contributed by atoms with van der Waals surface area (Å²) in [6.45, 7) is 8.16. The third kappa shape index (κ3) is 10.00. The van der Waals surface area contributed by atoms with E-state index in [1.54, 1.807) is 22.7 Å². The Morgan fingerprint density at radius 1 is 0.804 bits per heavy atom. The van der Waals surface area contributed by atoms with E-state index in [0.717, 1.165) is 75.7 Å². The van der Waals surface area contributed by atoms with Gasteiger partial charge in [0.05, 0.1) is 27.7 Å². The second-order valence-corrected chi connectivity index (χ2v) is 15.0. The summed E-state index contributed by atoms with van der Waals surface area (Å²) in [6, 6.07) is 16.5. The van der Waals surface area contributed by atoms with Crippen LogP contribution in [-0.4, -0.2) is 68.4 Å². The number of aliphatic imine (C=N–C) groups is 1. The Balaban J connectivity index is 0.000000164. The molecule has 0 unspecified atom stereocenters. The number of hydrogen-bond acceptors (Lipinski definition) is 9. The van der Waals surface area contributed by atoms with E-state index in [4.69, 9.17) is 19.9 Å². The van der Waals surface area contributed by atoms with Gasteiger partial charge in [-0.3, -0.25) is 4.99 Å². The van der Waals surface area contributed by atoms with Crippen LogP contribution < -0.4 is 0 Å². The van der Waals surface area contributed by atoms with Gasteiger partial charge in [0.15, 0.2) is 22.9 Å². The Morgan fingerprint density at radius 3 is 1.88 bits per heavy atom. The predicted octanol–water partition coefficient (Wildman–Crippen LogP) is 8.89. The zero-order chi connectivity index (χ0) is 40.0. The number of imidazole rings is 1. The number of nitrogens with zero attached hydrogens (tertiary/aromatic N) is 9. The number of aromatic nitrogens is 8. The van der Waals surface area contributed by atoms with E-state index < -0.39 is 18.8 Å². The normalized spacial score (nSPS) is 12.6. The minimum absolute atomic E-state index is 0.324. The average molecular weight is 806 g/mol. The van der Waals surface area contributed by atoms with Gasteiger partial charge in [-0.15, -0.1) is 22.7 Å². The summed E-state index contributed by atoms with van der Waals surface area (Å²) in [5, 5.41) is 20.5. The first-order valence-corrected chi connectivity index (χ1v) is 19.5. The van der Waals surface area contributed by atoms with E-state index in [0.29, 0.717) is 19.4 Å². The Kier molecular flexibility index (Phi) is 12.5. The minimum atomic E-state index is -5.08. The van der Waals surface area contributed by atoms with Crippen molar-refractivity contribution < 1.29 is 27.5 Å². The van der Waals surface area contributed by atoms with Crippen LogP contribution in [0, 0.1) is 27.7 Å². The fraction of sp³-hybridized carbons (Fsp3) is 0.308. The summed E-state index contributed by atoms with van der Waals surface area (Å²) in [5.74, 6) is -0.206. The lowest BCUT2D eigenvalue weighted by atomic mass is 10.1. The maximum atomic E-state index is 12.9. The number of thiophene rings is 2. The molecule has 0 radical (unpaired) electrons. The molecule has 0 atom stereocenters. The topological polar surface area (TPSA) is 128 Å². The quantitative estimate of drug-likeness (QED) is 0.137. The van der Waals surface area contributed by atoms with Crippen molar-refractivity contribution in [1.29, 1.82) is 0 Å². The highest BCUT2D eigenvalue weighted by Gasteiger charge is 2.38. The van der Waals surface area contributed by atoms with Crippen LogP contribution in [0.15, 0.2) is 76.6 Å². The Morgan fingerprint density at radius 2 is 1.36 bits per heavy atom. The lowest BCUT2D eigenvalue weighted by molar-refractivity contribution is -0.192. The number of fused-ring (bicyclic) bond motifs is 2. The molecule has 11 nitrogen and oxygen atoms in total. The molecule has 1 N–H and O–H groups in total. The van der Waals surface area contributed by atoms with E-state index in [-0.39, 0.29) is 0 Å². The molecule has 7 aromatic heterocycles. The highest BCUT2D eigenvalue weighted by Crippen LogP contribution is 2.27. The summed E-state index contributed by atoms with van der Waals surface area (Å²) in [6.07, 6.45) is 3.12. The molecule has 0 saturated carbocycles. The molecule has 1 aliphatic rings.